The molecule has 0 unspecified atom stereocenters. The summed E-state index contributed by atoms with van der Waals surface area (Å²) < 4.78 is 4.98. The minimum atomic E-state index is -0.799. The van der Waals surface area contributed by atoms with Crippen LogP contribution in [-0.4, -0.2) is 42.6 Å². The summed E-state index contributed by atoms with van der Waals surface area (Å²) in [6.45, 7) is 0.872. The van der Waals surface area contributed by atoms with E-state index in [1.54, 1.807) is 55.5 Å². The summed E-state index contributed by atoms with van der Waals surface area (Å²) in [4.78, 5) is 48.4. The number of hydrazone groups is 1. The van der Waals surface area contributed by atoms with Crippen molar-refractivity contribution in [2.45, 2.75) is 19.8 Å². The number of rotatable bonds is 7. The van der Waals surface area contributed by atoms with Crippen LogP contribution in [0.2, 0.25) is 5.02 Å². The standard InChI is InChI=1S/C22H21ClN4O5/c1-14-16(23)8-5-9-17(14)25-19(28)12-24-20(29)13-32-22(31)18-10-11-21(30)27(26-18)15-6-3-2-4-7-15/h2-9H,10-13H2,1H3,(H,24,29)(H,25,28). The number of benzene rings is 2. The van der Waals surface area contributed by atoms with Crippen LogP contribution in [-0.2, 0) is 23.9 Å². The van der Waals surface area contributed by atoms with E-state index in [-0.39, 0.29) is 31.0 Å². The summed E-state index contributed by atoms with van der Waals surface area (Å²) in [6, 6.07) is 13.8. The molecule has 3 amide bonds. The number of hydrogen-bond acceptors (Lipinski definition) is 6. The molecule has 0 atom stereocenters. The Bertz CT molecular complexity index is 1070. The highest BCUT2D eigenvalue weighted by atomic mass is 35.5. The van der Waals surface area contributed by atoms with E-state index in [0.29, 0.717) is 22.0 Å². The first-order valence-corrected chi connectivity index (χ1v) is 10.2. The lowest BCUT2D eigenvalue weighted by molar-refractivity contribution is -0.142. The van der Waals surface area contributed by atoms with Crippen molar-refractivity contribution in [3.05, 3.63) is 59.1 Å². The molecule has 3 rings (SSSR count). The molecule has 32 heavy (non-hydrogen) atoms. The Morgan fingerprint density at radius 3 is 2.56 bits per heavy atom. The fourth-order valence-corrected chi connectivity index (χ4v) is 3.03. The van der Waals surface area contributed by atoms with E-state index < -0.39 is 24.4 Å². The van der Waals surface area contributed by atoms with Crippen LogP contribution in [0.1, 0.15) is 18.4 Å². The Balaban J connectivity index is 1.48. The average Bonchev–Trinajstić information content (AvgIpc) is 2.80. The van der Waals surface area contributed by atoms with Crippen molar-refractivity contribution in [3.8, 4) is 0 Å². The van der Waals surface area contributed by atoms with Crippen LogP contribution >= 0.6 is 11.6 Å². The minimum absolute atomic E-state index is 0.0374. The summed E-state index contributed by atoms with van der Waals surface area (Å²) in [6.07, 6.45) is 0.210. The number of para-hydroxylation sites is 1. The lowest BCUT2D eigenvalue weighted by Gasteiger charge is -2.22. The maximum atomic E-state index is 12.3. The number of amides is 3. The van der Waals surface area contributed by atoms with Gasteiger partial charge in [0.2, 0.25) is 11.8 Å². The van der Waals surface area contributed by atoms with Gasteiger partial charge < -0.3 is 15.4 Å². The lowest BCUT2D eigenvalue weighted by atomic mass is 10.1. The zero-order valence-corrected chi connectivity index (χ0v) is 18.0. The maximum Gasteiger partial charge on any atom is 0.355 e. The molecule has 9 nitrogen and oxygen atoms in total. The van der Waals surface area contributed by atoms with Crippen molar-refractivity contribution in [1.29, 1.82) is 0 Å². The van der Waals surface area contributed by atoms with Crippen molar-refractivity contribution in [3.63, 3.8) is 0 Å². The molecular weight excluding hydrogens is 436 g/mol. The van der Waals surface area contributed by atoms with E-state index in [2.05, 4.69) is 15.7 Å². The number of carbonyl (C=O) groups excluding carboxylic acids is 4. The number of hydrogen-bond donors (Lipinski definition) is 2. The SMILES string of the molecule is Cc1c(Cl)cccc1NC(=O)CNC(=O)COC(=O)C1=NN(c2ccccc2)C(=O)CC1. The summed E-state index contributed by atoms with van der Waals surface area (Å²) in [5.41, 5.74) is 1.81. The normalized spacial score (nSPS) is 13.2. The number of carbonyl (C=O) groups is 4. The third kappa shape index (κ3) is 5.92. The predicted octanol–water partition coefficient (Wildman–Crippen LogP) is 2.43. The van der Waals surface area contributed by atoms with Crippen LogP contribution in [0.3, 0.4) is 0 Å². The van der Waals surface area contributed by atoms with E-state index in [0.717, 1.165) is 5.01 Å². The van der Waals surface area contributed by atoms with Crippen LogP contribution in [0, 0.1) is 6.92 Å². The topological polar surface area (TPSA) is 117 Å². The van der Waals surface area contributed by atoms with Crippen LogP contribution in [0.4, 0.5) is 11.4 Å². The molecule has 10 heteroatoms. The van der Waals surface area contributed by atoms with Crippen molar-refractivity contribution in [2.24, 2.45) is 5.10 Å². The van der Waals surface area contributed by atoms with E-state index in [4.69, 9.17) is 16.3 Å². The first kappa shape index (κ1) is 23.0. The molecule has 166 valence electrons. The zero-order valence-electron chi connectivity index (χ0n) is 17.3. The molecule has 0 fully saturated rings. The van der Waals surface area contributed by atoms with Crippen LogP contribution < -0.4 is 15.6 Å². The van der Waals surface area contributed by atoms with E-state index in [9.17, 15) is 19.2 Å². The van der Waals surface area contributed by atoms with Gasteiger partial charge in [0.15, 0.2) is 6.61 Å². The Hall–Kier alpha value is -3.72. The highest BCUT2D eigenvalue weighted by molar-refractivity contribution is 6.38. The molecule has 2 aromatic carbocycles. The van der Waals surface area contributed by atoms with Crippen LogP contribution in [0.5, 0.6) is 0 Å². The van der Waals surface area contributed by atoms with E-state index >= 15 is 0 Å². The minimum Gasteiger partial charge on any atom is -0.451 e. The second-order valence-corrected chi connectivity index (χ2v) is 7.31. The molecule has 0 spiro atoms. The highest BCUT2D eigenvalue weighted by Crippen LogP contribution is 2.23. The Labute approximate surface area is 189 Å². The van der Waals surface area contributed by atoms with Crippen molar-refractivity contribution in [2.75, 3.05) is 23.5 Å². The molecule has 1 aliphatic heterocycles. The number of esters is 1. The van der Waals surface area contributed by atoms with E-state index in [1.165, 1.54) is 0 Å². The second kappa shape index (κ2) is 10.5. The van der Waals surface area contributed by atoms with Gasteiger partial charge in [-0.1, -0.05) is 35.9 Å². The first-order chi connectivity index (χ1) is 15.3. The monoisotopic (exact) mass is 456 g/mol. The van der Waals surface area contributed by atoms with E-state index in [1.807, 2.05) is 0 Å². The molecule has 0 saturated carbocycles. The lowest BCUT2D eigenvalue weighted by Crippen LogP contribution is -2.38. The molecule has 2 N–H and O–H groups in total. The molecule has 0 saturated heterocycles. The third-order valence-electron chi connectivity index (χ3n) is 4.59. The molecule has 1 aliphatic rings. The van der Waals surface area contributed by atoms with Gasteiger partial charge in [-0.05, 0) is 36.8 Å². The predicted molar refractivity (Wildman–Crippen MR) is 119 cm³/mol. The molecule has 0 aliphatic carbocycles. The maximum absolute atomic E-state index is 12.3. The summed E-state index contributed by atoms with van der Waals surface area (Å²) in [5, 5.41) is 10.7. The molecule has 0 radical (unpaired) electrons. The summed E-state index contributed by atoms with van der Waals surface area (Å²) in [7, 11) is 0. The fourth-order valence-electron chi connectivity index (χ4n) is 2.85. The smallest absolute Gasteiger partial charge is 0.355 e. The second-order valence-electron chi connectivity index (χ2n) is 6.90. The quantitative estimate of drug-likeness (QED) is 0.620. The van der Waals surface area contributed by atoms with Gasteiger partial charge in [0.25, 0.3) is 5.91 Å². The number of ether oxygens (including phenoxy) is 1. The van der Waals surface area contributed by atoms with Gasteiger partial charge in [0.05, 0.1) is 12.2 Å². The number of anilines is 2. The molecule has 0 aromatic heterocycles. The summed E-state index contributed by atoms with van der Waals surface area (Å²) in [5.74, 6) is -2.15. The Kier molecular flexibility index (Phi) is 7.56. The zero-order chi connectivity index (χ0) is 23.1. The molecule has 1 heterocycles. The third-order valence-corrected chi connectivity index (χ3v) is 5.00. The average molecular weight is 457 g/mol. The number of nitrogens with zero attached hydrogens (tertiary/aromatic N) is 2. The first-order valence-electron chi connectivity index (χ1n) is 9.79. The van der Waals surface area contributed by atoms with Gasteiger partial charge in [0, 0.05) is 23.6 Å². The molecular formula is C22H21ClN4O5. The van der Waals surface area contributed by atoms with Gasteiger partial charge in [0.1, 0.15) is 5.71 Å². The largest absolute Gasteiger partial charge is 0.451 e. The molecule has 0 bridgehead atoms. The molecule has 2 aromatic rings. The van der Waals surface area contributed by atoms with Crippen molar-refractivity contribution < 1.29 is 23.9 Å². The van der Waals surface area contributed by atoms with Gasteiger partial charge >= 0.3 is 5.97 Å². The van der Waals surface area contributed by atoms with Crippen molar-refractivity contribution in [1.82, 2.24) is 5.32 Å². The van der Waals surface area contributed by atoms with Crippen molar-refractivity contribution >= 4 is 52.4 Å². The van der Waals surface area contributed by atoms with Gasteiger partial charge in [-0.2, -0.15) is 5.10 Å². The van der Waals surface area contributed by atoms with Crippen LogP contribution in [0.15, 0.2) is 53.6 Å². The number of halogens is 1. The Morgan fingerprint density at radius 1 is 1.06 bits per heavy atom. The van der Waals surface area contributed by atoms with Gasteiger partial charge in [-0.25, -0.2) is 9.80 Å². The van der Waals surface area contributed by atoms with Gasteiger partial charge in [-0.3, -0.25) is 14.4 Å². The highest BCUT2D eigenvalue weighted by Gasteiger charge is 2.26. The Morgan fingerprint density at radius 2 is 1.81 bits per heavy atom. The number of nitrogens with one attached hydrogen (secondary N) is 2. The summed E-state index contributed by atoms with van der Waals surface area (Å²) >= 11 is 6.01. The van der Waals surface area contributed by atoms with Gasteiger partial charge in [-0.15, -0.1) is 0 Å². The fraction of sp³-hybridized carbons (Fsp3) is 0.227. The van der Waals surface area contributed by atoms with Crippen LogP contribution in [0.25, 0.3) is 0 Å².